The van der Waals surface area contributed by atoms with E-state index in [1.807, 2.05) is 0 Å². The van der Waals surface area contributed by atoms with Gasteiger partial charge in [0.1, 0.15) is 6.54 Å². The lowest BCUT2D eigenvalue weighted by molar-refractivity contribution is -0.138. The Morgan fingerprint density at radius 1 is 1.43 bits per heavy atom. The summed E-state index contributed by atoms with van der Waals surface area (Å²) in [6.07, 6.45) is -4.18. The fourth-order valence-electron chi connectivity index (χ4n) is 1.59. The van der Waals surface area contributed by atoms with Crippen LogP contribution in [0, 0.1) is 0 Å². The van der Waals surface area contributed by atoms with Crippen LogP contribution in [0.15, 0.2) is 23.1 Å². The van der Waals surface area contributed by atoms with Gasteiger partial charge in [0, 0.05) is 25.9 Å². The Kier molecular flexibility index (Phi) is 5.54. The lowest BCUT2D eigenvalue weighted by Gasteiger charge is -2.19. The molecule has 1 N–H and O–H groups in total. The number of hydrogen-bond donors (Lipinski definition) is 1. The molecule has 1 aromatic heterocycles. The number of alkyl halides is 3. The second-order valence-electron chi connectivity index (χ2n) is 4.83. The molecule has 1 heterocycles. The van der Waals surface area contributed by atoms with Crippen molar-refractivity contribution in [3.8, 4) is 0 Å². The summed E-state index contributed by atoms with van der Waals surface area (Å²) in [5.74, 6) is -0.503. The Morgan fingerprint density at radius 2 is 2.05 bits per heavy atom. The lowest BCUT2D eigenvalue weighted by Crippen LogP contribution is -2.35. The number of nitrogens with zero attached hydrogens (tertiary/aromatic N) is 2. The number of hydrogen-bond acceptors (Lipinski definition) is 3. The zero-order chi connectivity index (χ0) is 16.2. The zero-order valence-electron chi connectivity index (χ0n) is 11.7. The van der Waals surface area contributed by atoms with Crippen molar-refractivity contribution in [1.29, 1.82) is 0 Å². The minimum absolute atomic E-state index is 0.254. The summed E-state index contributed by atoms with van der Waals surface area (Å²) < 4.78 is 38.4. The van der Waals surface area contributed by atoms with E-state index in [0.717, 1.165) is 10.6 Å². The third-order valence-electron chi connectivity index (χ3n) is 2.92. The van der Waals surface area contributed by atoms with E-state index in [4.69, 9.17) is 5.11 Å². The quantitative estimate of drug-likeness (QED) is 0.886. The second kappa shape index (κ2) is 6.75. The van der Waals surface area contributed by atoms with Crippen LogP contribution in [0.3, 0.4) is 0 Å². The van der Waals surface area contributed by atoms with Gasteiger partial charge in [-0.1, -0.05) is 0 Å². The van der Waals surface area contributed by atoms with Gasteiger partial charge in [-0.2, -0.15) is 13.2 Å². The van der Waals surface area contributed by atoms with Crippen LogP contribution in [0.1, 0.15) is 18.9 Å². The molecule has 21 heavy (non-hydrogen) atoms. The molecular weight excluding hydrogens is 289 g/mol. The van der Waals surface area contributed by atoms with Crippen LogP contribution >= 0.6 is 0 Å². The Bertz CT molecular complexity index is 552. The minimum Gasteiger partial charge on any atom is -0.393 e. The van der Waals surface area contributed by atoms with Gasteiger partial charge in [0.25, 0.3) is 5.56 Å². The van der Waals surface area contributed by atoms with E-state index in [1.54, 1.807) is 6.92 Å². The number of carbonyl (C=O) groups is 1. The number of pyridine rings is 1. The molecule has 0 radical (unpaired) electrons. The van der Waals surface area contributed by atoms with Gasteiger partial charge in [0.05, 0.1) is 11.7 Å². The third-order valence-corrected chi connectivity index (χ3v) is 2.92. The summed E-state index contributed by atoms with van der Waals surface area (Å²) in [7, 11) is 1.46. The Morgan fingerprint density at radius 3 is 2.57 bits per heavy atom. The molecule has 1 rings (SSSR count). The van der Waals surface area contributed by atoms with E-state index in [0.29, 0.717) is 18.7 Å². The number of rotatable bonds is 5. The molecule has 5 nitrogen and oxygen atoms in total. The fraction of sp³-hybridized carbons (Fsp3) is 0.538. The van der Waals surface area contributed by atoms with Crippen LogP contribution in [0.2, 0.25) is 0 Å². The van der Waals surface area contributed by atoms with Gasteiger partial charge in [-0.05, 0) is 19.4 Å². The zero-order valence-corrected chi connectivity index (χ0v) is 11.7. The third kappa shape index (κ3) is 5.22. The van der Waals surface area contributed by atoms with Crippen molar-refractivity contribution in [2.45, 2.75) is 32.2 Å². The van der Waals surface area contributed by atoms with Gasteiger partial charge in [0.2, 0.25) is 5.91 Å². The Hall–Kier alpha value is -1.83. The van der Waals surface area contributed by atoms with Crippen LogP contribution in [-0.4, -0.2) is 40.2 Å². The first-order valence-corrected chi connectivity index (χ1v) is 6.31. The fourth-order valence-corrected chi connectivity index (χ4v) is 1.59. The number of aliphatic hydroxyl groups excluding tert-OH is 1. The van der Waals surface area contributed by atoms with E-state index >= 15 is 0 Å². The molecule has 8 heteroatoms. The first-order chi connectivity index (χ1) is 9.61. The molecule has 0 aliphatic rings. The van der Waals surface area contributed by atoms with Crippen molar-refractivity contribution < 1.29 is 23.1 Å². The molecule has 1 amide bonds. The number of amides is 1. The maximum Gasteiger partial charge on any atom is 0.417 e. The summed E-state index contributed by atoms with van der Waals surface area (Å²) in [5.41, 5.74) is -1.66. The van der Waals surface area contributed by atoms with Gasteiger partial charge >= 0.3 is 6.18 Å². The second-order valence-corrected chi connectivity index (χ2v) is 4.83. The largest absolute Gasteiger partial charge is 0.417 e. The number of likely N-dealkylation sites (N-methyl/N-ethyl adjacent to an activating group) is 1. The Labute approximate surface area is 119 Å². The van der Waals surface area contributed by atoms with E-state index in [-0.39, 0.29) is 6.54 Å². The van der Waals surface area contributed by atoms with Crippen molar-refractivity contribution in [3.63, 3.8) is 0 Å². The topological polar surface area (TPSA) is 62.5 Å². The molecule has 1 aromatic rings. The summed E-state index contributed by atoms with van der Waals surface area (Å²) in [6.45, 7) is 1.35. The number of aromatic nitrogens is 1. The van der Waals surface area contributed by atoms with Crippen LogP contribution in [0.4, 0.5) is 13.2 Å². The van der Waals surface area contributed by atoms with Gasteiger partial charge in [-0.3, -0.25) is 9.59 Å². The molecule has 0 aliphatic carbocycles. The number of aliphatic hydroxyl groups is 1. The van der Waals surface area contributed by atoms with Crippen LogP contribution < -0.4 is 5.56 Å². The molecule has 0 saturated carbocycles. The normalized spacial score (nSPS) is 13.0. The van der Waals surface area contributed by atoms with Crippen LogP contribution in [0.5, 0.6) is 0 Å². The van der Waals surface area contributed by atoms with Crippen LogP contribution in [0.25, 0.3) is 0 Å². The van der Waals surface area contributed by atoms with Crippen LogP contribution in [-0.2, 0) is 17.5 Å². The highest BCUT2D eigenvalue weighted by molar-refractivity contribution is 5.75. The van der Waals surface area contributed by atoms with E-state index in [1.165, 1.54) is 11.9 Å². The maximum atomic E-state index is 12.6. The minimum atomic E-state index is -4.57. The van der Waals surface area contributed by atoms with Crippen molar-refractivity contribution >= 4 is 5.91 Å². The van der Waals surface area contributed by atoms with Crippen molar-refractivity contribution in [2.24, 2.45) is 0 Å². The molecule has 0 saturated heterocycles. The summed E-state index contributed by atoms with van der Waals surface area (Å²) >= 11 is 0. The van der Waals surface area contributed by atoms with Gasteiger partial charge in [0.15, 0.2) is 0 Å². The highest BCUT2D eigenvalue weighted by atomic mass is 19.4. The molecule has 1 unspecified atom stereocenters. The SMILES string of the molecule is CC(O)CCN(C)C(=O)Cn1cc(C(F)(F)F)ccc1=O. The van der Waals surface area contributed by atoms with E-state index in [2.05, 4.69) is 0 Å². The summed E-state index contributed by atoms with van der Waals surface area (Å²) in [5, 5.41) is 9.12. The first kappa shape index (κ1) is 17.2. The molecule has 1 atom stereocenters. The monoisotopic (exact) mass is 306 g/mol. The molecule has 0 aliphatic heterocycles. The Balaban J connectivity index is 2.83. The number of halogens is 3. The predicted octanol–water partition coefficient (Wildman–Crippen LogP) is 1.10. The standard InChI is InChI=1S/C13H17F3N2O3/c1-9(19)5-6-17(2)12(21)8-18-7-10(13(14,15)16)3-4-11(18)20/h3-4,7,9,19H,5-6,8H2,1-2H3. The molecule has 118 valence electrons. The van der Waals surface area contributed by atoms with Gasteiger partial charge < -0.3 is 14.6 Å². The summed E-state index contributed by atoms with van der Waals surface area (Å²) in [6, 6.07) is 1.46. The summed E-state index contributed by atoms with van der Waals surface area (Å²) in [4.78, 5) is 24.6. The highest BCUT2D eigenvalue weighted by Gasteiger charge is 2.31. The smallest absolute Gasteiger partial charge is 0.393 e. The lowest BCUT2D eigenvalue weighted by atomic mass is 10.2. The van der Waals surface area contributed by atoms with Crippen molar-refractivity contribution in [1.82, 2.24) is 9.47 Å². The molecule has 0 spiro atoms. The average molecular weight is 306 g/mol. The number of carbonyl (C=O) groups excluding carboxylic acids is 1. The highest BCUT2D eigenvalue weighted by Crippen LogP contribution is 2.27. The predicted molar refractivity (Wildman–Crippen MR) is 69.6 cm³/mol. The van der Waals surface area contributed by atoms with Gasteiger partial charge in [-0.15, -0.1) is 0 Å². The maximum absolute atomic E-state index is 12.6. The van der Waals surface area contributed by atoms with Crippen molar-refractivity contribution in [2.75, 3.05) is 13.6 Å². The first-order valence-electron chi connectivity index (χ1n) is 6.31. The van der Waals surface area contributed by atoms with E-state index < -0.39 is 35.9 Å². The average Bonchev–Trinajstić information content (AvgIpc) is 2.36. The van der Waals surface area contributed by atoms with Gasteiger partial charge in [-0.25, -0.2) is 0 Å². The molecule has 0 bridgehead atoms. The van der Waals surface area contributed by atoms with Crippen molar-refractivity contribution in [3.05, 3.63) is 34.2 Å². The molecule has 0 fully saturated rings. The molecule has 0 aromatic carbocycles. The van der Waals surface area contributed by atoms with E-state index in [9.17, 15) is 22.8 Å². The molecular formula is C13H17F3N2O3.